The Bertz CT molecular complexity index is 1760. The smallest absolute Gasteiger partial charge is 0.286 e. The Morgan fingerprint density at radius 2 is 1.97 bits per heavy atom. The normalized spacial score (nSPS) is 11.1. The van der Waals surface area contributed by atoms with E-state index in [1.54, 1.807) is 24.5 Å². The molecule has 2 N–H and O–H groups in total. The Balaban J connectivity index is 1.38. The molecule has 1 aromatic carbocycles. The Morgan fingerprint density at radius 3 is 2.71 bits per heavy atom. The number of carbonyl (C=O) groups is 1. The highest BCUT2D eigenvalue weighted by Crippen LogP contribution is 2.26. The molecule has 5 rings (SSSR count). The predicted octanol–water partition coefficient (Wildman–Crippen LogP) is 3.08. The Kier molecular flexibility index (Phi) is 6.16. The second-order valence-corrected chi connectivity index (χ2v) is 7.98. The van der Waals surface area contributed by atoms with Crippen molar-refractivity contribution in [3.8, 4) is 11.5 Å². The van der Waals surface area contributed by atoms with Gasteiger partial charge in [-0.3, -0.25) is 19.7 Å². The number of nitro groups is 1. The average molecular weight is 525 g/mol. The van der Waals surface area contributed by atoms with Crippen LogP contribution in [0.5, 0.6) is 0 Å². The van der Waals surface area contributed by atoms with Crippen LogP contribution in [0.1, 0.15) is 21.7 Å². The van der Waals surface area contributed by atoms with Crippen LogP contribution in [0, 0.1) is 27.6 Å². The number of H-pyrrole nitrogens is 1. The van der Waals surface area contributed by atoms with Crippen molar-refractivity contribution >= 4 is 22.6 Å². The van der Waals surface area contributed by atoms with Gasteiger partial charge in [-0.15, -0.1) is 0 Å². The topological polar surface area (TPSA) is 162 Å². The van der Waals surface area contributed by atoms with E-state index in [2.05, 4.69) is 25.4 Å². The van der Waals surface area contributed by atoms with E-state index in [1.165, 1.54) is 0 Å². The first-order valence-electron chi connectivity index (χ1n) is 10.8. The lowest BCUT2D eigenvalue weighted by Gasteiger charge is -2.09. The molecule has 0 unspecified atom stereocenters. The zero-order valence-electron chi connectivity index (χ0n) is 18.9. The number of hydrogen-bond donors (Lipinski definition) is 2. The van der Waals surface area contributed by atoms with E-state index in [-0.39, 0.29) is 23.8 Å². The van der Waals surface area contributed by atoms with E-state index >= 15 is 0 Å². The first-order chi connectivity index (χ1) is 18.2. The first kappa shape index (κ1) is 24.4. The van der Waals surface area contributed by atoms with E-state index in [9.17, 15) is 32.9 Å². The lowest BCUT2D eigenvalue weighted by molar-refractivity contribution is -0.385. The summed E-state index contributed by atoms with van der Waals surface area (Å²) in [6.45, 7) is -0.859. The van der Waals surface area contributed by atoms with E-state index < -0.39 is 51.6 Å². The van der Waals surface area contributed by atoms with Crippen LogP contribution >= 0.6 is 0 Å². The summed E-state index contributed by atoms with van der Waals surface area (Å²) < 4.78 is 46.4. The molecule has 4 aromatic heterocycles. The van der Waals surface area contributed by atoms with Crippen molar-refractivity contribution in [2.75, 3.05) is 0 Å². The first-order valence-corrected chi connectivity index (χ1v) is 10.8. The van der Waals surface area contributed by atoms with Gasteiger partial charge in [-0.25, -0.2) is 18.2 Å². The number of hydrogen-bond acceptors (Lipinski definition) is 8. The largest absolute Gasteiger partial charge is 0.345 e. The molecule has 0 saturated carbocycles. The van der Waals surface area contributed by atoms with Crippen molar-refractivity contribution in [1.82, 2.24) is 30.0 Å². The number of rotatable bonds is 7. The van der Waals surface area contributed by atoms with Crippen molar-refractivity contribution in [2.45, 2.75) is 13.1 Å². The molecule has 4 heterocycles. The minimum Gasteiger partial charge on any atom is -0.345 e. The monoisotopic (exact) mass is 525 g/mol. The molecular weight excluding hydrogens is 511 g/mol. The van der Waals surface area contributed by atoms with Gasteiger partial charge >= 0.3 is 0 Å². The Morgan fingerprint density at radius 1 is 1.21 bits per heavy atom. The molecule has 0 spiro atoms. The van der Waals surface area contributed by atoms with Gasteiger partial charge in [0.05, 0.1) is 29.8 Å². The number of benzene rings is 1. The van der Waals surface area contributed by atoms with Crippen LogP contribution < -0.4 is 10.9 Å². The molecule has 0 aliphatic rings. The maximum Gasteiger partial charge on any atom is 0.286 e. The Labute approximate surface area is 208 Å². The van der Waals surface area contributed by atoms with Gasteiger partial charge in [0.25, 0.3) is 23.0 Å². The van der Waals surface area contributed by atoms with Gasteiger partial charge in [-0.05, 0) is 29.8 Å². The van der Waals surface area contributed by atoms with Gasteiger partial charge in [0, 0.05) is 23.8 Å². The van der Waals surface area contributed by atoms with Crippen molar-refractivity contribution in [1.29, 1.82) is 0 Å². The lowest BCUT2D eigenvalue weighted by Crippen LogP contribution is -2.33. The quantitative estimate of drug-likeness (QED) is 0.186. The molecule has 0 bridgehead atoms. The molecule has 1 amide bonds. The molecule has 0 aliphatic carbocycles. The molecule has 0 saturated heterocycles. The highest BCUT2D eigenvalue weighted by molar-refractivity contribution is 5.94. The van der Waals surface area contributed by atoms with Crippen LogP contribution in [0.4, 0.5) is 18.9 Å². The minimum atomic E-state index is -1.70. The zero-order valence-corrected chi connectivity index (χ0v) is 18.9. The summed E-state index contributed by atoms with van der Waals surface area (Å²) in [6, 6.07) is 5.57. The SMILES string of the molecule is O=C(NCc1noc(-c2c[nH]c3ncccc23)n1)c1cc([N+](=O)[O-])cn(Cc2cc(F)c(F)c(F)c2)c1=O. The number of nitrogens with zero attached hydrogens (tertiary/aromatic N) is 5. The number of amides is 1. The molecule has 0 radical (unpaired) electrons. The number of carbonyl (C=O) groups excluding carboxylic acids is 1. The van der Waals surface area contributed by atoms with Crippen LogP contribution in [0.25, 0.3) is 22.5 Å². The van der Waals surface area contributed by atoms with Crippen LogP contribution in [-0.4, -0.2) is 35.5 Å². The van der Waals surface area contributed by atoms with Crippen molar-refractivity contribution < 1.29 is 27.4 Å². The van der Waals surface area contributed by atoms with Gasteiger partial charge in [0.15, 0.2) is 23.3 Å². The molecule has 5 aromatic rings. The van der Waals surface area contributed by atoms with Crippen molar-refractivity contribution in [2.24, 2.45) is 0 Å². The molecule has 15 heteroatoms. The number of aromatic amines is 1. The summed E-state index contributed by atoms with van der Waals surface area (Å²) in [5.74, 6) is -5.50. The fourth-order valence-corrected chi connectivity index (χ4v) is 3.72. The third-order valence-electron chi connectivity index (χ3n) is 5.48. The number of fused-ring (bicyclic) bond motifs is 1. The number of halogens is 3. The van der Waals surface area contributed by atoms with E-state index in [0.29, 0.717) is 23.3 Å². The van der Waals surface area contributed by atoms with Crippen LogP contribution in [-0.2, 0) is 13.1 Å². The molecular formula is C23H14F3N7O5. The zero-order chi connectivity index (χ0) is 27.0. The number of aromatic nitrogens is 5. The van der Waals surface area contributed by atoms with Gasteiger partial charge in [-0.1, -0.05) is 5.16 Å². The van der Waals surface area contributed by atoms with Crippen molar-refractivity contribution in [3.05, 3.63) is 104 Å². The summed E-state index contributed by atoms with van der Waals surface area (Å²) in [5, 5.41) is 18.3. The van der Waals surface area contributed by atoms with E-state index in [4.69, 9.17) is 4.52 Å². The van der Waals surface area contributed by atoms with Crippen LogP contribution in [0.3, 0.4) is 0 Å². The maximum atomic E-state index is 13.6. The standard InChI is InChI=1S/C23H14F3N7O5/c24-16-4-11(5-17(25)19(16)26)9-32-10-12(33(36)37)6-14(23(32)35)21(34)29-8-18-30-22(38-31-18)15-7-28-20-13(15)2-1-3-27-20/h1-7,10H,8-9H2,(H,27,28)(H,29,34). The van der Waals surface area contributed by atoms with Gasteiger partial charge in [0.1, 0.15) is 11.2 Å². The van der Waals surface area contributed by atoms with Gasteiger partial charge < -0.3 is 19.4 Å². The van der Waals surface area contributed by atoms with Gasteiger partial charge in [-0.2, -0.15) is 4.98 Å². The van der Waals surface area contributed by atoms with E-state index in [1.807, 2.05) is 0 Å². The molecule has 0 atom stereocenters. The summed E-state index contributed by atoms with van der Waals surface area (Å²) in [7, 11) is 0. The molecule has 192 valence electrons. The summed E-state index contributed by atoms with van der Waals surface area (Å²) in [4.78, 5) is 47.5. The maximum absolute atomic E-state index is 13.6. The summed E-state index contributed by atoms with van der Waals surface area (Å²) >= 11 is 0. The fourth-order valence-electron chi connectivity index (χ4n) is 3.72. The highest BCUT2D eigenvalue weighted by atomic mass is 19.2. The van der Waals surface area contributed by atoms with Crippen LogP contribution in [0.2, 0.25) is 0 Å². The molecule has 0 fully saturated rings. The van der Waals surface area contributed by atoms with Crippen molar-refractivity contribution in [3.63, 3.8) is 0 Å². The fraction of sp³-hybridized carbons (Fsp3) is 0.0870. The molecule has 12 nitrogen and oxygen atoms in total. The predicted molar refractivity (Wildman–Crippen MR) is 123 cm³/mol. The van der Waals surface area contributed by atoms with Crippen LogP contribution in [0.15, 0.2) is 58.2 Å². The van der Waals surface area contributed by atoms with E-state index in [0.717, 1.165) is 22.2 Å². The number of nitrogens with one attached hydrogen (secondary N) is 2. The third kappa shape index (κ3) is 4.59. The molecule has 0 aliphatic heterocycles. The number of pyridine rings is 2. The third-order valence-corrected chi connectivity index (χ3v) is 5.48. The summed E-state index contributed by atoms with van der Waals surface area (Å²) in [5.41, 5.74) is -1.25. The second kappa shape index (κ2) is 9.61. The van der Waals surface area contributed by atoms with Gasteiger partial charge in [0.2, 0.25) is 0 Å². The second-order valence-electron chi connectivity index (χ2n) is 7.98. The summed E-state index contributed by atoms with van der Waals surface area (Å²) in [6.07, 6.45) is 4.03. The molecule has 38 heavy (non-hydrogen) atoms. The average Bonchev–Trinajstić information content (AvgIpc) is 3.53. The Hall–Kier alpha value is -5.34. The lowest BCUT2D eigenvalue weighted by atomic mass is 10.2. The minimum absolute atomic E-state index is 0.0506. The highest BCUT2D eigenvalue weighted by Gasteiger charge is 2.21.